The van der Waals surface area contributed by atoms with Crippen LogP contribution in [-0.2, 0) is 16.0 Å². The van der Waals surface area contributed by atoms with Gasteiger partial charge in [0.05, 0.1) is 5.57 Å². The van der Waals surface area contributed by atoms with Gasteiger partial charge in [0.15, 0.2) is 5.78 Å². The minimum Gasteiger partial charge on any atom is -0.508 e. The molecule has 4 rings (SSSR count). The molecule has 2 aromatic carbocycles. The summed E-state index contributed by atoms with van der Waals surface area (Å²) in [5.41, 5.74) is 3.08. The molecule has 2 aliphatic heterocycles. The number of ether oxygens (including phenoxy) is 1. The summed E-state index contributed by atoms with van der Waals surface area (Å²) in [6.07, 6.45) is 1.52. The number of fused-ring (bicyclic) bond motifs is 2. The highest BCUT2D eigenvalue weighted by Gasteiger charge is 2.50. The summed E-state index contributed by atoms with van der Waals surface area (Å²) in [5, 5.41) is 10.8. The quantitative estimate of drug-likeness (QED) is 0.859. The van der Waals surface area contributed by atoms with Crippen molar-refractivity contribution in [3.05, 3.63) is 65.2 Å². The maximum atomic E-state index is 13.2. The number of benzene rings is 2. The summed E-state index contributed by atoms with van der Waals surface area (Å²) in [5.74, 6) is -0.408. The van der Waals surface area contributed by atoms with E-state index < -0.39 is 11.7 Å². The van der Waals surface area contributed by atoms with Crippen LogP contribution in [0, 0.1) is 5.82 Å². The van der Waals surface area contributed by atoms with Crippen LogP contribution in [-0.4, -0.2) is 22.6 Å². The van der Waals surface area contributed by atoms with E-state index >= 15 is 0 Å². The molecule has 2 atom stereocenters. The number of carbonyl (C=O) groups excluding carboxylic acids is 1. The van der Waals surface area contributed by atoms with Gasteiger partial charge in [-0.1, -0.05) is 31.2 Å². The highest BCUT2D eigenvalue weighted by Crippen LogP contribution is 2.45. The normalized spacial score (nSPS) is 25.0. The molecular formula is C22H21FO3. The lowest BCUT2D eigenvalue weighted by atomic mass is 9.86. The highest BCUT2D eigenvalue weighted by atomic mass is 19.1. The first-order valence-corrected chi connectivity index (χ1v) is 8.98. The molecule has 2 aliphatic rings. The Bertz CT molecular complexity index is 913. The number of halogens is 1. The second-order valence-electron chi connectivity index (χ2n) is 7.20. The first kappa shape index (κ1) is 17.0. The van der Waals surface area contributed by atoms with Crippen LogP contribution in [0.5, 0.6) is 0 Å². The molecule has 0 radical (unpaired) electrons. The van der Waals surface area contributed by atoms with E-state index in [0.29, 0.717) is 18.4 Å². The Balaban J connectivity index is 1.89. The van der Waals surface area contributed by atoms with E-state index in [-0.39, 0.29) is 17.4 Å². The van der Waals surface area contributed by atoms with Crippen molar-refractivity contribution in [1.29, 1.82) is 0 Å². The number of ketones is 1. The van der Waals surface area contributed by atoms with Crippen LogP contribution in [0.4, 0.5) is 4.39 Å². The summed E-state index contributed by atoms with van der Waals surface area (Å²) in [6, 6.07) is 12.1. The number of hydrogen-bond donors (Lipinski definition) is 1. The molecule has 0 aromatic heterocycles. The van der Waals surface area contributed by atoms with Crippen molar-refractivity contribution in [3.8, 4) is 11.1 Å². The van der Waals surface area contributed by atoms with Crippen molar-refractivity contribution in [3.63, 3.8) is 0 Å². The van der Waals surface area contributed by atoms with Crippen LogP contribution in [0.1, 0.15) is 37.8 Å². The highest BCUT2D eigenvalue weighted by molar-refractivity contribution is 6.25. The standard InChI is InChI=1S/C22H21FO3/c1-3-13-4-5-15(14-6-8-16(23)9-7-14)12-17(13)19-20(24)18-10-11-22(2,26-18)21(19)25/h4-9,12,18,25H,3,10-11H2,1-2H3/t18-,22+/m0/s1. The Labute approximate surface area is 152 Å². The fourth-order valence-electron chi connectivity index (χ4n) is 3.94. The van der Waals surface area contributed by atoms with E-state index in [4.69, 9.17) is 4.74 Å². The van der Waals surface area contributed by atoms with Crippen LogP contribution >= 0.6 is 0 Å². The van der Waals surface area contributed by atoms with Gasteiger partial charge >= 0.3 is 0 Å². The van der Waals surface area contributed by atoms with Crippen molar-refractivity contribution >= 4 is 11.4 Å². The van der Waals surface area contributed by atoms with E-state index in [1.165, 1.54) is 12.1 Å². The second-order valence-corrected chi connectivity index (χ2v) is 7.20. The average molecular weight is 352 g/mol. The molecule has 1 fully saturated rings. The average Bonchev–Trinajstić information content (AvgIpc) is 3.02. The topological polar surface area (TPSA) is 46.5 Å². The Hall–Kier alpha value is -2.46. The first-order chi connectivity index (χ1) is 12.4. The monoisotopic (exact) mass is 352 g/mol. The van der Waals surface area contributed by atoms with Crippen LogP contribution in [0.3, 0.4) is 0 Å². The van der Waals surface area contributed by atoms with Gasteiger partial charge in [-0.3, -0.25) is 4.79 Å². The molecule has 1 saturated heterocycles. The number of Topliss-reactive ketones (excluding diaryl/α,β-unsaturated/α-hetero) is 1. The number of hydrogen-bond acceptors (Lipinski definition) is 3. The lowest BCUT2D eigenvalue weighted by Gasteiger charge is -2.31. The van der Waals surface area contributed by atoms with Gasteiger partial charge in [0.1, 0.15) is 23.3 Å². The molecule has 0 unspecified atom stereocenters. The van der Waals surface area contributed by atoms with Gasteiger partial charge in [-0.05, 0) is 66.6 Å². The largest absolute Gasteiger partial charge is 0.508 e. The van der Waals surface area contributed by atoms with Gasteiger partial charge in [-0.15, -0.1) is 0 Å². The van der Waals surface area contributed by atoms with Crippen molar-refractivity contribution in [1.82, 2.24) is 0 Å². The van der Waals surface area contributed by atoms with E-state index in [0.717, 1.165) is 28.7 Å². The predicted octanol–water partition coefficient (Wildman–Crippen LogP) is 4.84. The Kier molecular flexibility index (Phi) is 3.96. The molecule has 2 aromatic rings. The van der Waals surface area contributed by atoms with Crippen molar-refractivity contribution in [2.45, 2.75) is 44.8 Å². The molecule has 2 heterocycles. The first-order valence-electron chi connectivity index (χ1n) is 8.98. The van der Waals surface area contributed by atoms with Crippen LogP contribution in [0.15, 0.2) is 48.2 Å². The minimum atomic E-state index is -0.787. The van der Waals surface area contributed by atoms with Crippen LogP contribution < -0.4 is 0 Å². The SMILES string of the molecule is CCc1ccc(-c2ccc(F)cc2)cc1C1=C(O)[C@@]2(C)CC[C@H](O2)C1=O. The number of aliphatic hydroxyl groups excluding tert-OH is 1. The van der Waals surface area contributed by atoms with Gasteiger partial charge in [-0.25, -0.2) is 4.39 Å². The number of carbonyl (C=O) groups is 1. The van der Waals surface area contributed by atoms with Crippen molar-refractivity contribution < 1.29 is 19.0 Å². The number of rotatable bonds is 3. The third kappa shape index (κ3) is 2.56. The summed E-state index contributed by atoms with van der Waals surface area (Å²) >= 11 is 0. The molecule has 4 heteroatoms. The van der Waals surface area contributed by atoms with Gasteiger partial charge in [0.25, 0.3) is 0 Å². The van der Waals surface area contributed by atoms with Crippen LogP contribution in [0.25, 0.3) is 16.7 Å². The van der Waals surface area contributed by atoms with Crippen molar-refractivity contribution in [2.75, 3.05) is 0 Å². The number of aryl methyl sites for hydroxylation is 1. The van der Waals surface area contributed by atoms with Gasteiger partial charge in [0.2, 0.25) is 0 Å². The smallest absolute Gasteiger partial charge is 0.195 e. The lowest BCUT2D eigenvalue weighted by Crippen LogP contribution is -2.37. The summed E-state index contributed by atoms with van der Waals surface area (Å²) in [4.78, 5) is 12.9. The van der Waals surface area contributed by atoms with E-state index in [1.54, 1.807) is 12.1 Å². The van der Waals surface area contributed by atoms with Gasteiger partial charge in [-0.2, -0.15) is 0 Å². The molecule has 0 saturated carbocycles. The summed E-state index contributed by atoms with van der Waals surface area (Å²) in [6.45, 7) is 3.86. The van der Waals surface area contributed by atoms with E-state index in [2.05, 4.69) is 0 Å². The Morgan fingerprint density at radius 3 is 2.58 bits per heavy atom. The maximum Gasteiger partial charge on any atom is 0.195 e. The van der Waals surface area contributed by atoms with Crippen molar-refractivity contribution in [2.24, 2.45) is 0 Å². The molecule has 0 amide bonds. The minimum absolute atomic E-state index is 0.0298. The zero-order valence-corrected chi connectivity index (χ0v) is 14.9. The zero-order chi connectivity index (χ0) is 18.5. The molecule has 0 spiro atoms. The molecule has 2 bridgehead atoms. The predicted molar refractivity (Wildman–Crippen MR) is 98.3 cm³/mol. The fraction of sp³-hybridized carbons (Fsp3) is 0.318. The zero-order valence-electron chi connectivity index (χ0n) is 14.9. The van der Waals surface area contributed by atoms with E-state index in [9.17, 15) is 14.3 Å². The third-order valence-corrected chi connectivity index (χ3v) is 5.50. The van der Waals surface area contributed by atoms with Gasteiger partial charge < -0.3 is 9.84 Å². The molecule has 134 valence electrons. The third-order valence-electron chi connectivity index (χ3n) is 5.50. The number of aliphatic hydroxyl groups is 1. The lowest BCUT2D eigenvalue weighted by molar-refractivity contribution is -0.130. The van der Waals surface area contributed by atoms with Gasteiger partial charge in [0, 0.05) is 0 Å². The molecule has 0 aliphatic carbocycles. The summed E-state index contributed by atoms with van der Waals surface area (Å²) < 4.78 is 19.0. The van der Waals surface area contributed by atoms with Crippen LogP contribution in [0.2, 0.25) is 0 Å². The Morgan fingerprint density at radius 1 is 1.19 bits per heavy atom. The molecular weight excluding hydrogens is 331 g/mol. The molecule has 1 N–H and O–H groups in total. The maximum absolute atomic E-state index is 13.2. The Morgan fingerprint density at radius 2 is 1.88 bits per heavy atom. The molecule has 3 nitrogen and oxygen atoms in total. The molecule has 26 heavy (non-hydrogen) atoms. The van der Waals surface area contributed by atoms with E-state index in [1.807, 2.05) is 32.0 Å². The fourth-order valence-corrected chi connectivity index (χ4v) is 3.94. The second kappa shape index (κ2) is 6.06. The summed E-state index contributed by atoms with van der Waals surface area (Å²) in [7, 11) is 0.